The highest BCUT2D eigenvalue weighted by Gasteiger charge is 2.25. The summed E-state index contributed by atoms with van der Waals surface area (Å²) in [5.74, 6) is 0.792. The Labute approximate surface area is 185 Å². The topological polar surface area (TPSA) is 115 Å². The Morgan fingerprint density at radius 3 is 2.50 bits per heavy atom. The smallest absolute Gasteiger partial charge is 0.316 e. The maximum atomic E-state index is 12.6. The standard InChI is InChI=1S/C24H26O8/c1-24(2,3)23(28)32-22-9-14(5-8-19(22)29-4)20-11-18(27)17-7-6-16(10-21(17)31-20)30-13-15(26)12-25/h5-11,15,25-26H,12-13H2,1-4H3. The SMILES string of the molecule is COc1ccc(-c2cc(=O)c3ccc(OCC(O)CO)cc3o2)cc1OC(=O)C(C)(C)C. The van der Waals surface area contributed by atoms with E-state index in [1.54, 1.807) is 51.1 Å². The van der Waals surface area contributed by atoms with Gasteiger partial charge in [-0.15, -0.1) is 0 Å². The third-order valence-corrected chi connectivity index (χ3v) is 4.62. The number of aliphatic hydroxyl groups is 2. The molecular weight excluding hydrogens is 416 g/mol. The first-order valence-corrected chi connectivity index (χ1v) is 10.0. The van der Waals surface area contributed by atoms with Crippen LogP contribution in [-0.2, 0) is 4.79 Å². The first kappa shape index (κ1) is 23.3. The van der Waals surface area contributed by atoms with E-state index in [-0.39, 0.29) is 29.1 Å². The Bertz CT molecular complexity index is 1170. The molecule has 0 aliphatic carbocycles. The van der Waals surface area contributed by atoms with E-state index in [9.17, 15) is 14.7 Å². The molecule has 1 heterocycles. The van der Waals surface area contributed by atoms with Crippen molar-refractivity contribution in [3.63, 3.8) is 0 Å². The molecule has 0 aliphatic rings. The van der Waals surface area contributed by atoms with Gasteiger partial charge in [-0.25, -0.2) is 0 Å². The minimum absolute atomic E-state index is 0.104. The zero-order valence-corrected chi connectivity index (χ0v) is 18.4. The van der Waals surface area contributed by atoms with E-state index < -0.39 is 24.1 Å². The summed E-state index contributed by atoms with van der Waals surface area (Å²) in [5, 5.41) is 18.7. The summed E-state index contributed by atoms with van der Waals surface area (Å²) in [6.45, 7) is 4.70. The van der Waals surface area contributed by atoms with E-state index >= 15 is 0 Å². The number of carbonyl (C=O) groups is 1. The minimum atomic E-state index is -1.02. The molecule has 8 nitrogen and oxygen atoms in total. The molecule has 0 radical (unpaired) electrons. The van der Waals surface area contributed by atoms with Crippen LogP contribution >= 0.6 is 0 Å². The number of methoxy groups -OCH3 is 1. The van der Waals surface area contributed by atoms with Gasteiger partial charge in [-0.05, 0) is 51.1 Å². The van der Waals surface area contributed by atoms with E-state index in [1.807, 2.05) is 0 Å². The average Bonchev–Trinajstić information content (AvgIpc) is 2.76. The van der Waals surface area contributed by atoms with Crippen molar-refractivity contribution < 1.29 is 33.6 Å². The van der Waals surface area contributed by atoms with E-state index in [0.29, 0.717) is 22.4 Å². The average molecular weight is 442 g/mol. The van der Waals surface area contributed by atoms with Gasteiger partial charge in [0, 0.05) is 17.7 Å². The van der Waals surface area contributed by atoms with Gasteiger partial charge in [-0.1, -0.05) is 0 Å². The molecule has 0 spiro atoms. The van der Waals surface area contributed by atoms with Crippen molar-refractivity contribution in [2.75, 3.05) is 20.3 Å². The number of hydrogen-bond donors (Lipinski definition) is 2. The lowest BCUT2D eigenvalue weighted by atomic mass is 9.97. The lowest BCUT2D eigenvalue weighted by Crippen LogP contribution is -2.25. The molecule has 0 bridgehead atoms. The van der Waals surface area contributed by atoms with Crippen LogP contribution in [0.2, 0.25) is 0 Å². The van der Waals surface area contributed by atoms with E-state index in [0.717, 1.165) is 0 Å². The second kappa shape index (κ2) is 9.42. The molecule has 170 valence electrons. The number of ether oxygens (including phenoxy) is 3. The molecule has 0 amide bonds. The maximum Gasteiger partial charge on any atom is 0.316 e. The van der Waals surface area contributed by atoms with Gasteiger partial charge in [0.05, 0.1) is 24.5 Å². The molecule has 2 N–H and O–H groups in total. The number of fused-ring (bicyclic) bond motifs is 1. The summed E-state index contributed by atoms with van der Waals surface area (Å²) >= 11 is 0. The Morgan fingerprint density at radius 1 is 1.09 bits per heavy atom. The van der Waals surface area contributed by atoms with Crippen LogP contribution in [0.1, 0.15) is 20.8 Å². The number of benzene rings is 2. The lowest BCUT2D eigenvalue weighted by molar-refractivity contribution is -0.143. The molecular formula is C24H26O8. The lowest BCUT2D eigenvalue weighted by Gasteiger charge is -2.18. The van der Waals surface area contributed by atoms with Crippen molar-refractivity contribution in [2.45, 2.75) is 26.9 Å². The van der Waals surface area contributed by atoms with Gasteiger partial charge < -0.3 is 28.8 Å². The largest absolute Gasteiger partial charge is 0.493 e. The van der Waals surface area contributed by atoms with Crippen LogP contribution in [0.5, 0.6) is 17.2 Å². The molecule has 0 aliphatic heterocycles. The molecule has 0 saturated carbocycles. The molecule has 0 saturated heterocycles. The van der Waals surface area contributed by atoms with Gasteiger partial charge in [0.25, 0.3) is 0 Å². The third-order valence-electron chi connectivity index (χ3n) is 4.62. The van der Waals surface area contributed by atoms with Crippen molar-refractivity contribution in [1.82, 2.24) is 0 Å². The molecule has 3 aromatic rings. The molecule has 1 unspecified atom stereocenters. The molecule has 8 heteroatoms. The van der Waals surface area contributed by atoms with Crippen LogP contribution in [0.15, 0.2) is 51.7 Å². The predicted molar refractivity (Wildman–Crippen MR) is 118 cm³/mol. The Balaban J connectivity index is 2.00. The van der Waals surface area contributed by atoms with Crippen LogP contribution in [0, 0.1) is 5.41 Å². The van der Waals surface area contributed by atoms with Gasteiger partial charge in [0.1, 0.15) is 29.8 Å². The fraction of sp³-hybridized carbons (Fsp3) is 0.333. The Hall–Kier alpha value is -3.36. The molecule has 2 aromatic carbocycles. The maximum absolute atomic E-state index is 12.6. The molecule has 3 rings (SSSR count). The highest BCUT2D eigenvalue weighted by atomic mass is 16.6. The first-order valence-electron chi connectivity index (χ1n) is 10.0. The molecule has 32 heavy (non-hydrogen) atoms. The second-order valence-corrected chi connectivity index (χ2v) is 8.29. The van der Waals surface area contributed by atoms with Gasteiger partial charge in [0.2, 0.25) is 0 Å². The quantitative estimate of drug-likeness (QED) is 0.424. The Morgan fingerprint density at radius 2 is 1.84 bits per heavy atom. The molecule has 1 aromatic heterocycles. The second-order valence-electron chi connectivity index (χ2n) is 8.29. The summed E-state index contributed by atoms with van der Waals surface area (Å²) in [4.78, 5) is 25.0. The number of carbonyl (C=O) groups excluding carboxylic acids is 1. The van der Waals surface area contributed by atoms with Crippen LogP contribution in [0.4, 0.5) is 0 Å². The van der Waals surface area contributed by atoms with E-state index in [1.165, 1.54) is 19.2 Å². The minimum Gasteiger partial charge on any atom is -0.493 e. The van der Waals surface area contributed by atoms with Gasteiger partial charge in [0.15, 0.2) is 16.9 Å². The normalized spacial score (nSPS) is 12.4. The number of hydrogen-bond acceptors (Lipinski definition) is 8. The van der Waals surface area contributed by atoms with Gasteiger partial charge in [-0.3, -0.25) is 9.59 Å². The predicted octanol–water partition coefficient (Wildman–Crippen LogP) is 3.15. The summed E-state index contributed by atoms with van der Waals surface area (Å²) in [6, 6.07) is 10.9. The third kappa shape index (κ3) is 5.27. The fourth-order valence-electron chi connectivity index (χ4n) is 2.78. The van der Waals surface area contributed by atoms with Crippen LogP contribution in [-0.4, -0.2) is 42.6 Å². The van der Waals surface area contributed by atoms with Gasteiger partial charge >= 0.3 is 5.97 Å². The Kier molecular flexibility index (Phi) is 6.86. The van der Waals surface area contributed by atoms with Crippen molar-refractivity contribution in [3.8, 4) is 28.6 Å². The zero-order chi connectivity index (χ0) is 23.5. The summed E-state index contributed by atoms with van der Waals surface area (Å²) < 4.78 is 22.2. The van der Waals surface area contributed by atoms with E-state index in [2.05, 4.69) is 0 Å². The summed E-state index contributed by atoms with van der Waals surface area (Å²) in [7, 11) is 1.47. The number of aliphatic hydroxyl groups excluding tert-OH is 2. The van der Waals surface area contributed by atoms with Crippen LogP contribution < -0.4 is 19.6 Å². The zero-order valence-electron chi connectivity index (χ0n) is 18.4. The first-order chi connectivity index (χ1) is 15.1. The number of rotatable bonds is 7. The van der Waals surface area contributed by atoms with Crippen molar-refractivity contribution >= 4 is 16.9 Å². The monoisotopic (exact) mass is 442 g/mol. The highest BCUT2D eigenvalue weighted by Crippen LogP contribution is 2.34. The fourth-order valence-corrected chi connectivity index (χ4v) is 2.78. The van der Waals surface area contributed by atoms with Crippen LogP contribution in [0.3, 0.4) is 0 Å². The molecule has 1 atom stereocenters. The van der Waals surface area contributed by atoms with Crippen LogP contribution in [0.25, 0.3) is 22.3 Å². The van der Waals surface area contributed by atoms with Crippen molar-refractivity contribution in [2.24, 2.45) is 5.41 Å². The summed E-state index contributed by atoms with van der Waals surface area (Å²) in [5.41, 5.74) is -0.167. The number of esters is 1. The highest BCUT2D eigenvalue weighted by molar-refractivity contribution is 5.81. The summed E-state index contributed by atoms with van der Waals surface area (Å²) in [6.07, 6.45) is -1.02. The van der Waals surface area contributed by atoms with E-state index in [4.69, 9.17) is 23.7 Å². The molecule has 0 fully saturated rings. The van der Waals surface area contributed by atoms with Crippen molar-refractivity contribution in [1.29, 1.82) is 0 Å². The van der Waals surface area contributed by atoms with Crippen molar-refractivity contribution in [3.05, 3.63) is 52.7 Å². The van der Waals surface area contributed by atoms with Gasteiger partial charge in [-0.2, -0.15) is 0 Å².